The van der Waals surface area contributed by atoms with Gasteiger partial charge in [-0.3, -0.25) is 0 Å². The molecule has 1 heterocycles. The summed E-state index contributed by atoms with van der Waals surface area (Å²) in [6.07, 6.45) is 11.7. The zero-order valence-corrected chi connectivity index (χ0v) is 15.6. The van der Waals surface area contributed by atoms with Crippen molar-refractivity contribution in [2.24, 2.45) is 5.92 Å². The third-order valence-corrected chi connectivity index (χ3v) is 5.67. The van der Waals surface area contributed by atoms with E-state index in [0.717, 1.165) is 42.7 Å². The Morgan fingerprint density at radius 1 is 1.20 bits per heavy atom. The number of likely N-dealkylation sites (N-methyl/N-ethyl adjacent to an activating group) is 1. The summed E-state index contributed by atoms with van der Waals surface area (Å²) < 4.78 is 20.2. The molecule has 0 bridgehead atoms. The molecule has 1 saturated carbocycles. The van der Waals surface area contributed by atoms with Crippen molar-refractivity contribution in [3.8, 4) is 0 Å². The predicted molar refractivity (Wildman–Crippen MR) is 101 cm³/mol. The molecule has 4 heteroatoms. The number of aryl methyl sites for hydroxylation is 1. The molecule has 1 aromatic carbocycles. The quantitative estimate of drug-likeness (QED) is 0.725. The first kappa shape index (κ1) is 18.4. The highest BCUT2D eigenvalue weighted by atomic mass is 19.1. The van der Waals surface area contributed by atoms with Gasteiger partial charge >= 0.3 is 0 Å². The molecule has 3 rings (SSSR count). The summed E-state index contributed by atoms with van der Waals surface area (Å²) in [7, 11) is 3.67. The number of H-pyrrole nitrogens is 1. The fourth-order valence-electron chi connectivity index (χ4n) is 4.29. The highest BCUT2D eigenvalue weighted by molar-refractivity contribution is 5.88. The number of aromatic nitrogens is 1. The number of aromatic amines is 1. The molecule has 3 nitrogen and oxygen atoms in total. The highest BCUT2D eigenvalue weighted by Gasteiger charge is 2.19. The molecule has 25 heavy (non-hydrogen) atoms. The minimum atomic E-state index is -0.135. The molecule has 0 radical (unpaired) electrons. The second-order valence-electron chi connectivity index (χ2n) is 7.39. The average Bonchev–Trinajstić information content (AvgIpc) is 3.06. The third-order valence-electron chi connectivity index (χ3n) is 5.67. The Morgan fingerprint density at radius 2 is 2.00 bits per heavy atom. The Labute approximate surface area is 150 Å². The first-order valence-electron chi connectivity index (χ1n) is 9.68. The van der Waals surface area contributed by atoms with Crippen molar-refractivity contribution in [3.05, 3.63) is 34.8 Å². The predicted octanol–water partition coefficient (Wildman–Crippen LogP) is 4.73. The van der Waals surface area contributed by atoms with Gasteiger partial charge in [0.05, 0.1) is 12.1 Å². The standard InChI is InChI=1S/C21H31FN2O/c1-23-11-10-17-13-24-21-19(22)12-16(18(14-25-2)20(17)21)9-8-15-6-4-3-5-7-15/h12-13,15,23-24H,3-11,14H2,1-2H3. The van der Waals surface area contributed by atoms with Crippen LogP contribution in [0.3, 0.4) is 0 Å². The van der Waals surface area contributed by atoms with Crippen LogP contribution in [0.4, 0.5) is 4.39 Å². The minimum Gasteiger partial charge on any atom is -0.380 e. The summed E-state index contributed by atoms with van der Waals surface area (Å²) in [5, 5.41) is 4.22. The number of halogens is 1. The molecule has 0 saturated heterocycles. The molecular formula is C21H31FN2O. The maximum atomic E-state index is 14.7. The van der Waals surface area contributed by atoms with E-state index in [4.69, 9.17) is 4.74 Å². The second-order valence-corrected chi connectivity index (χ2v) is 7.39. The fraction of sp³-hybridized carbons (Fsp3) is 0.619. The molecule has 1 aliphatic carbocycles. The van der Waals surface area contributed by atoms with Crippen LogP contribution in [-0.2, 0) is 24.2 Å². The summed E-state index contributed by atoms with van der Waals surface area (Å²) in [5.41, 5.74) is 4.10. The Morgan fingerprint density at radius 3 is 2.72 bits per heavy atom. The van der Waals surface area contributed by atoms with Crippen molar-refractivity contribution in [2.45, 2.75) is 58.0 Å². The van der Waals surface area contributed by atoms with E-state index < -0.39 is 0 Å². The van der Waals surface area contributed by atoms with Crippen LogP contribution >= 0.6 is 0 Å². The molecule has 0 atom stereocenters. The van der Waals surface area contributed by atoms with Gasteiger partial charge < -0.3 is 15.0 Å². The van der Waals surface area contributed by atoms with Crippen LogP contribution in [0.1, 0.15) is 55.2 Å². The third kappa shape index (κ3) is 4.24. The van der Waals surface area contributed by atoms with E-state index in [1.807, 2.05) is 13.2 Å². The van der Waals surface area contributed by atoms with Crippen molar-refractivity contribution >= 4 is 10.9 Å². The normalized spacial score (nSPS) is 16.0. The van der Waals surface area contributed by atoms with Gasteiger partial charge in [0.25, 0.3) is 0 Å². The lowest BCUT2D eigenvalue weighted by atomic mass is 9.84. The van der Waals surface area contributed by atoms with Gasteiger partial charge in [0.15, 0.2) is 0 Å². The summed E-state index contributed by atoms with van der Waals surface area (Å²) in [6.45, 7) is 1.43. The Bertz CT molecular complexity index is 689. The fourth-order valence-corrected chi connectivity index (χ4v) is 4.29. The van der Waals surface area contributed by atoms with Crippen molar-refractivity contribution in [3.63, 3.8) is 0 Å². The van der Waals surface area contributed by atoms with Gasteiger partial charge in [-0.25, -0.2) is 4.39 Å². The van der Waals surface area contributed by atoms with Gasteiger partial charge in [0.2, 0.25) is 0 Å². The molecule has 0 spiro atoms. The summed E-state index contributed by atoms with van der Waals surface area (Å²) in [4.78, 5) is 3.14. The van der Waals surface area contributed by atoms with Crippen LogP contribution in [0, 0.1) is 11.7 Å². The molecule has 0 unspecified atom stereocenters. The molecular weight excluding hydrogens is 315 g/mol. The molecule has 2 aromatic rings. The topological polar surface area (TPSA) is 37.0 Å². The van der Waals surface area contributed by atoms with Crippen LogP contribution in [0.2, 0.25) is 0 Å². The van der Waals surface area contributed by atoms with E-state index in [1.165, 1.54) is 43.2 Å². The van der Waals surface area contributed by atoms with E-state index in [9.17, 15) is 4.39 Å². The smallest absolute Gasteiger partial charge is 0.147 e. The first-order valence-corrected chi connectivity index (χ1v) is 9.68. The molecule has 2 N–H and O–H groups in total. The number of ether oxygens (including phenoxy) is 1. The SMILES string of the molecule is CNCCc1c[nH]c2c(F)cc(CCC3CCCCC3)c(COC)c12. The average molecular weight is 346 g/mol. The highest BCUT2D eigenvalue weighted by Crippen LogP contribution is 2.32. The molecule has 0 aliphatic heterocycles. The Hall–Kier alpha value is -1.39. The lowest BCUT2D eigenvalue weighted by molar-refractivity contribution is 0.185. The van der Waals surface area contributed by atoms with Crippen molar-refractivity contribution < 1.29 is 9.13 Å². The summed E-state index contributed by atoms with van der Waals surface area (Å²) >= 11 is 0. The molecule has 1 fully saturated rings. The van der Waals surface area contributed by atoms with Crippen molar-refractivity contribution in [1.82, 2.24) is 10.3 Å². The molecule has 1 aliphatic rings. The lowest BCUT2D eigenvalue weighted by Gasteiger charge is -2.22. The molecule has 0 amide bonds. The zero-order valence-electron chi connectivity index (χ0n) is 15.6. The van der Waals surface area contributed by atoms with Crippen LogP contribution in [0.25, 0.3) is 10.9 Å². The summed E-state index contributed by atoms with van der Waals surface area (Å²) in [6, 6.07) is 1.73. The molecule has 138 valence electrons. The van der Waals surface area contributed by atoms with Gasteiger partial charge in [-0.15, -0.1) is 0 Å². The monoisotopic (exact) mass is 346 g/mol. The number of fused-ring (bicyclic) bond motifs is 1. The number of benzene rings is 1. The summed E-state index contributed by atoms with van der Waals surface area (Å²) in [5.74, 6) is 0.669. The van der Waals surface area contributed by atoms with Crippen LogP contribution in [-0.4, -0.2) is 25.7 Å². The minimum absolute atomic E-state index is 0.135. The zero-order chi connectivity index (χ0) is 17.6. The van der Waals surface area contributed by atoms with E-state index in [2.05, 4.69) is 10.3 Å². The lowest BCUT2D eigenvalue weighted by Crippen LogP contribution is -2.11. The van der Waals surface area contributed by atoms with Crippen LogP contribution in [0.15, 0.2) is 12.3 Å². The molecule has 1 aromatic heterocycles. The van der Waals surface area contributed by atoms with Gasteiger partial charge in [0.1, 0.15) is 5.82 Å². The van der Waals surface area contributed by atoms with Crippen LogP contribution < -0.4 is 5.32 Å². The van der Waals surface area contributed by atoms with Crippen molar-refractivity contribution in [1.29, 1.82) is 0 Å². The Balaban J connectivity index is 1.91. The number of rotatable bonds is 8. The van der Waals surface area contributed by atoms with E-state index in [0.29, 0.717) is 12.1 Å². The number of hydrogen-bond donors (Lipinski definition) is 2. The number of nitrogens with one attached hydrogen (secondary N) is 2. The van der Waals surface area contributed by atoms with Gasteiger partial charge in [-0.05, 0) is 61.5 Å². The first-order chi connectivity index (χ1) is 12.2. The van der Waals surface area contributed by atoms with Gasteiger partial charge in [-0.1, -0.05) is 32.1 Å². The van der Waals surface area contributed by atoms with Crippen molar-refractivity contribution in [2.75, 3.05) is 20.7 Å². The maximum Gasteiger partial charge on any atom is 0.147 e. The Kier molecular flexibility index (Phi) is 6.49. The van der Waals surface area contributed by atoms with E-state index >= 15 is 0 Å². The maximum absolute atomic E-state index is 14.7. The van der Waals surface area contributed by atoms with Crippen LogP contribution in [0.5, 0.6) is 0 Å². The van der Waals surface area contributed by atoms with E-state index in [1.54, 1.807) is 13.2 Å². The van der Waals surface area contributed by atoms with Gasteiger partial charge in [0, 0.05) is 18.7 Å². The number of hydrogen-bond acceptors (Lipinski definition) is 2. The second kappa shape index (κ2) is 8.81. The van der Waals surface area contributed by atoms with Gasteiger partial charge in [-0.2, -0.15) is 0 Å². The number of methoxy groups -OCH3 is 1. The van der Waals surface area contributed by atoms with E-state index in [-0.39, 0.29) is 5.82 Å². The largest absolute Gasteiger partial charge is 0.380 e.